The van der Waals surface area contributed by atoms with E-state index in [1.54, 1.807) is 0 Å². The Labute approximate surface area is 121 Å². The zero-order valence-corrected chi connectivity index (χ0v) is 11.2. The number of anilines is 1. The van der Waals surface area contributed by atoms with Crippen molar-refractivity contribution in [1.82, 2.24) is 9.97 Å². The molecule has 0 aliphatic rings. The Morgan fingerprint density at radius 2 is 1.95 bits per heavy atom. The molecule has 0 radical (unpaired) electrons. The fourth-order valence-electron chi connectivity index (χ4n) is 1.53. The van der Waals surface area contributed by atoms with Crippen LogP contribution >= 0.6 is 0 Å². The summed E-state index contributed by atoms with van der Waals surface area (Å²) in [5.41, 5.74) is 1.10. The second-order valence-electron chi connectivity index (χ2n) is 4.06. The van der Waals surface area contributed by atoms with Crippen molar-refractivity contribution in [3.63, 3.8) is 0 Å². The van der Waals surface area contributed by atoms with Crippen molar-refractivity contribution in [2.75, 3.05) is 18.5 Å². The SMILES string of the molecule is O=C(O)Nc1cnc(OCCOCc2ccccc2)cn1. The standard InChI is InChI=1S/C14H15N3O4/c18-14(19)17-12-8-16-13(9-15-12)21-7-6-20-10-11-4-2-1-3-5-11/h1-5,8-9H,6-7,10H2,(H,15,17)(H,18,19). The summed E-state index contributed by atoms with van der Waals surface area (Å²) in [6.07, 6.45) is 1.45. The fourth-order valence-corrected chi connectivity index (χ4v) is 1.53. The van der Waals surface area contributed by atoms with Gasteiger partial charge in [0.15, 0.2) is 5.82 Å². The molecule has 2 N–H and O–H groups in total. The molecule has 2 rings (SSSR count). The summed E-state index contributed by atoms with van der Waals surface area (Å²) < 4.78 is 10.8. The number of benzene rings is 1. The normalized spacial score (nSPS) is 10.1. The van der Waals surface area contributed by atoms with Crippen LogP contribution in [0.5, 0.6) is 5.88 Å². The molecule has 0 saturated heterocycles. The van der Waals surface area contributed by atoms with E-state index in [1.807, 2.05) is 30.3 Å². The van der Waals surface area contributed by atoms with E-state index in [1.165, 1.54) is 12.4 Å². The molecule has 1 amide bonds. The van der Waals surface area contributed by atoms with Crippen LogP contribution in [0, 0.1) is 0 Å². The molecule has 0 fully saturated rings. The zero-order valence-electron chi connectivity index (χ0n) is 11.2. The van der Waals surface area contributed by atoms with Gasteiger partial charge in [0.05, 0.1) is 25.6 Å². The van der Waals surface area contributed by atoms with Crippen LogP contribution in [0.1, 0.15) is 5.56 Å². The van der Waals surface area contributed by atoms with Gasteiger partial charge in [0.2, 0.25) is 5.88 Å². The van der Waals surface area contributed by atoms with Crippen LogP contribution in [0.25, 0.3) is 0 Å². The lowest BCUT2D eigenvalue weighted by Crippen LogP contribution is -2.10. The lowest BCUT2D eigenvalue weighted by molar-refractivity contribution is 0.0873. The predicted molar refractivity (Wildman–Crippen MR) is 75.3 cm³/mol. The Morgan fingerprint density at radius 1 is 1.14 bits per heavy atom. The Kier molecular flexibility index (Phi) is 5.48. The number of ether oxygens (including phenoxy) is 2. The monoisotopic (exact) mass is 289 g/mol. The predicted octanol–water partition coefficient (Wildman–Crippen LogP) is 2.16. The summed E-state index contributed by atoms with van der Waals surface area (Å²) in [6.45, 7) is 1.29. The minimum Gasteiger partial charge on any atom is -0.474 e. The Hall–Kier alpha value is -2.67. The number of hydrogen-bond donors (Lipinski definition) is 2. The number of nitrogens with one attached hydrogen (secondary N) is 1. The molecular formula is C14H15N3O4. The molecule has 1 heterocycles. The van der Waals surface area contributed by atoms with E-state index in [9.17, 15) is 4.79 Å². The highest BCUT2D eigenvalue weighted by Crippen LogP contribution is 2.07. The molecule has 7 heteroatoms. The van der Waals surface area contributed by atoms with Crippen LogP contribution in [0.3, 0.4) is 0 Å². The van der Waals surface area contributed by atoms with E-state index in [2.05, 4.69) is 15.3 Å². The maximum absolute atomic E-state index is 10.4. The first-order valence-electron chi connectivity index (χ1n) is 6.30. The number of carbonyl (C=O) groups is 1. The number of hydrogen-bond acceptors (Lipinski definition) is 5. The fraction of sp³-hybridized carbons (Fsp3) is 0.214. The maximum atomic E-state index is 10.4. The minimum atomic E-state index is -1.19. The summed E-state index contributed by atoms with van der Waals surface area (Å²) in [5, 5.41) is 10.6. The first-order chi connectivity index (χ1) is 10.2. The molecule has 2 aromatic rings. The highest BCUT2D eigenvalue weighted by atomic mass is 16.5. The lowest BCUT2D eigenvalue weighted by atomic mass is 10.2. The van der Waals surface area contributed by atoms with Crippen LogP contribution in [0.4, 0.5) is 10.6 Å². The highest BCUT2D eigenvalue weighted by Gasteiger charge is 2.01. The van der Waals surface area contributed by atoms with Crippen molar-refractivity contribution in [2.24, 2.45) is 0 Å². The van der Waals surface area contributed by atoms with Crippen molar-refractivity contribution in [3.05, 3.63) is 48.3 Å². The van der Waals surface area contributed by atoms with E-state index >= 15 is 0 Å². The Balaban J connectivity index is 1.65. The van der Waals surface area contributed by atoms with Crippen molar-refractivity contribution < 1.29 is 19.4 Å². The van der Waals surface area contributed by atoms with Gasteiger partial charge in [-0.1, -0.05) is 30.3 Å². The first-order valence-corrected chi connectivity index (χ1v) is 6.30. The van der Waals surface area contributed by atoms with E-state index in [-0.39, 0.29) is 5.82 Å². The van der Waals surface area contributed by atoms with Gasteiger partial charge in [-0.05, 0) is 5.56 Å². The molecular weight excluding hydrogens is 274 g/mol. The molecule has 0 aliphatic heterocycles. The number of rotatable bonds is 7. The number of nitrogens with zero attached hydrogens (tertiary/aromatic N) is 2. The van der Waals surface area contributed by atoms with Gasteiger partial charge in [-0.3, -0.25) is 5.32 Å². The summed E-state index contributed by atoms with van der Waals surface area (Å²) in [6, 6.07) is 9.84. The van der Waals surface area contributed by atoms with E-state index in [4.69, 9.17) is 14.6 Å². The van der Waals surface area contributed by atoms with E-state index < -0.39 is 6.09 Å². The van der Waals surface area contributed by atoms with Crippen molar-refractivity contribution in [1.29, 1.82) is 0 Å². The molecule has 1 aromatic heterocycles. The zero-order chi connectivity index (χ0) is 14.9. The van der Waals surface area contributed by atoms with Gasteiger partial charge in [0.25, 0.3) is 0 Å². The van der Waals surface area contributed by atoms with Crippen LogP contribution in [0.2, 0.25) is 0 Å². The molecule has 21 heavy (non-hydrogen) atoms. The maximum Gasteiger partial charge on any atom is 0.410 e. The van der Waals surface area contributed by atoms with Crippen LogP contribution in [-0.2, 0) is 11.3 Å². The molecule has 7 nitrogen and oxygen atoms in total. The summed E-state index contributed by atoms with van der Waals surface area (Å²) >= 11 is 0. The smallest absolute Gasteiger partial charge is 0.410 e. The summed E-state index contributed by atoms with van der Waals surface area (Å²) in [7, 11) is 0. The van der Waals surface area contributed by atoms with Crippen molar-refractivity contribution in [3.8, 4) is 5.88 Å². The molecule has 0 spiro atoms. The topological polar surface area (TPSA) is 93.6 Å². The largest absolute Gasteiger partial charge is 0.474 e. The molecule has 1 aromatic carbocycles. The first kappa shape index (κ1) is 14.7. The van der Waals surface area contributed by atoms with Gasteiger partial charge in [0.1, 0.15) is 6.61 Å². The van der Waals surface area contributed by atoms with Gasteiger partial charge in [-0.25, -0.2) is 14.8 Å². The Bertz CT molecular complexity index is 560. The van der Waals surface area contributed by atoms with Gasteiger partial charge < -0.3 is 14.6 Å². The van der Waals surface area contributed by atoms with Gasteiger partial charge in [-0.2, -0.15) is 0 Å². The van der Waals surface area contributed by atoms with Gasteiger partial charge in [-0.15, -0.1) is 0 Å². The highest BCUT2D eigenvalue weighted by molar-refractivity contribution is 5.81. The van der Waals surface area contributed by atoms with Crippen LogP contribution in [-0.4, -0.2) is 34.4 Å². The molecule has 0 bridgehead atoms. The van der Waals surface area contributed by atoms with E-state index in [0.29, 0.717) is 25.7 Å². The average molecular weight is 289 g/mol. The second-order valence-corrected chi connectivity index (χ2v) is 4.06. The minimum absolute atomic E-state index is 0.148. The van der Waals surface area contributed by atoms with Gasteiger partial charge in [0, 0.05) is 0 Å². The van der Waals surface area contributed by atoms with Crippen molar-refractivity contribution in [2.45, 2.75) is 6.61 Å². The van der Waals surface area contributed by atoms with Crippen molar-refractivity contribution >= 4 is 11.9 Å². The third-order valence-corrected chi connectivity index (χ3v) is 2.45. The van der Waals surface area contributed by atoms with E-state index in [0.717, 1.165) is 5.56 Å². The molecule has 110 valence electrons. The number of amides is 1. The number of carboxylic acid groups (broad SMARTS) is 1. The molecule has 0 saturated carbocycles. The number of aromatic nitrogens is 2. The van der Waals surface area contributed by atoms with Crippen LogP contribution in [0.15, 0.2) is 42.7 Å². The molecule has 0 unspecified atom stereocenters. The van der Waals surface area contributed by atoms with Gasteiger partial charge >= 0.3 is 6.09 Å². The quantitative estimate of drug-likeness (QED) is 0.759. The molecule has 0 atom stereocenters. The Morgan fingerprint density at radius 3 is 2.62 bits per heavy atom. The van der Waals surface area contributed by atoms with Crippen LogP contribution < -0.4 is 10.1 Å². The summed E-state index contributed by atoms with van der Waals surface area (Å²) in [4.78, 5) is 18.2. The molecule has 0 aliphatic carbocycles. The second kappa shape index (κ2) is 7.81. The third kappa shape index (κ3) is 5.45. The average Bonchev–Trinajstić information content (AvgIpc) is 2.49. The lowest BCUT2D eigenvalue weighted by Gasteiger charge is -2.06. The third-order valence-electron chi connectivity index (χ3n) is 2.45. The summed E-state index contributed by atoms with van der Waals surface area (Å²) in [5.74, 6) is 0.462.